The van der Waals surface area contributed by atoms with E-state index < -0.39 is 0 Å². The monoisotopic (exact) mass is 428 g/mol. The van der Waals surface area contributed by atoms with E-state index in [4.69, 9.17) is 16.1 Å². The number of aryl methyl sites for hydroxylation is 2. The highest BCUT2D eigenvalue weighted by Gasteiger charge is 2.27. The number of quaternary nitrogens is 2. The van der Waals surface area contributed by atoms with Gasteiger partial charge in [0.05, 0.1) is 0 Å². The van der Waals surface area contributed by atoms with Crippen LogP contribution < -0.4 is 9.80 Å². The Morgan fingerprint density at radius 1 is 1.07 bits per heavy atom. The zero-order chi connectivity index (χ0) is 21.3. The predicted molar refractivity (Wildman–Crippen MR) is 116 cm³/mol. The van der Waals surface area contributed by atoms with Crippen molar-refractivity contribution >= 4 is 17.4 Å². The molecule has 0 atom stereocenters. The molecule has 0 unspecified atom stereocenters. The number of ketones is 1. The number of carbonyl (C=O) groups is 1. The summed E-state index contributed by atoms with van der Waals surface area (Å²) in [5.41, 5.74) is 4.91. The molecule has 158 valence electrons. The molecule has 0 radical (unpaired) electrons. The van der Waals surface area contributed by atoms with Crippen molar-refractivity contribution in [1.29, 1.82) is 0 Å². The minimum Gasteiger partial charge on any atom is -0.361 e. The van der Waals surface area contributed by atoms with Crippen molar-refractivity contribution in [3.8, 4) is 5.69 Å². The van der Waals surface area contributed by atoms with Gasteiger partial charge >= 0.3 is 0 Å². The van der Waals surface area contributed by atoms with Crippen LogP contribution >= 0.6 is 11.6 Å². The van der Waals surface area contributed by atoms with Crippen molar-refractivity contribution in [2.45, 2.75) is 27.3 Å². The van der Waals surface area contributed by atoms with Crippen molar-refractivity contribution in [3.05, 3.63) is 69.8 Å². The van der Waals surface area contributed by atoms with Crippen LogP contribution in [-0.4, -0.2) is 48.2 Å². The molecule has 0 amide bonds. The second kappa shape index (κ2) is 8.76. The molecule has 1 saturated heterocycles. The maximum absolute atomic E-state index is 13.1. The Balaban J connectivity index is 1.38. The van der Waals surface area contributed by atoms with Gasteiger partial charge in [0, 0.05) is 33.7 Å². The van der Waals surface area contributed by atoms with Gasteiger partial charge in [-0.2, -0.15) is 0 Å². The molecule has 1 aromatic carbocycles. The number of piperazine rings is 1. The van der Waals surface area contributed by atoms with E-state index in [0.717, 1.165) is 66.8 Å². The molecule has 0 aliphatic carbocycles. The van der Waals surface area contributed by atoms with Gasteiger partial charge in [-0.05, 0) is 51.1 Å². The summed E-state index contributed by atoms with van der Waals surface area (Å²) in [7, 11) is 0. The van der Waals surface area contributed by atoms with Crippen LogP contribution in [0.5, 0.6) is 0 Å². The van der Waals surface area contributed by atoms with Gasteiger partial charge in [-0.25, -0.2) is 0 Å². The van der Waals surface area contributed by atoms with Gasteiger partial charge in [0.15, 0.2) is 0 Å². The largest absolute Gasteiger partial charge is 0.361 e. The standard InChI is InChI=1S/C23H27ClN4O2/c1-16-12-22(18(3)28(16)21-6-4-19(24)5-7-21)23(29)15-27-10-8-26(9-11-27)14-20-13-17(2)30-25-20/h4-7,12-13H,8-11,14-15H2,1-3H3/p+2. The summed E-state index contributed by atoms with van der Waals surface area (Å²) < 4.78 is 7.29. The Labute approximate surface area is 182 Å². The molecule has 7 heteroatoms. The van der Waals surface area contributed by atoms with Crippen molar-refractivity contribution < 1.29 is 19.1 Å². The Morgan fingerprint density at radius 2 is 1.73 bits per heavy atom. The summed E-state index contributed by atoms with van der Waals surface area (Å²) >= 11 is 6.02. The SMILES string of the molecule is Cc1cc(C[NH+]2CC[NH+](CC(=O)c3cc(C)n(-c4ccc(Cl)cc4)c3C)CC2)no1. The summed E-state index contributed by atoms with van der Waals surface area (Å²) in [4.78, 5) is 15.9. The van der Waals surface area contributed by atoms with Crippen LogP contribution in [0.2, 0.25) is 5.02 Å². The Hall–Kier alpha value is -2.41. The van der Waals surface area contributed by atoms with Gasteiger partial charge in [0.2, 0.25) is 5.78 Å². The second-order valence-corrected chi connectivity index (χ2v) is 8.74. The lowest BCUT2D eigenvalue weighted by molar-refractivity contribution is -1.02. The highest BCUT2D eigenvalue weighted by molar-refractivity contribution is 6.30. The topological polar surface area (TPSA) is 56.9 Å². The predicted octanol–water partition coefficient (Wildman–Crippen LogP) is 1.21. The van der Waals surface area contributed by atoms with E-state index >= 15 is 0 Å². The summed E-state index contributed by atoms with van der Waals surface area (Å²) in [6.07, 6.45) is 0. The first-order valence-electron chi connectivity index (χ1n) is 10.5. The Morgan fingerprint density at radius 3 is 2.37 bits per heavy atom. The molecular formula is C23H29ClN4O2+2. The van der Waals surface area contributed by atoms with Gasteiger partial charge in [-0.1, -0.05) is 16.8 Å². The van der Waals surface area contributed by atoms with Crippen molar-refractivity contribution in [3.63, 3.8) is 0 Å². The summed E-state index contributed by atoms with van der Waals surface area (Å²) in [5, 5.41) is 4.81. The minimum absolute atomic E-state index is 0.217. The van der Waals surface area contributed by atoms with Gasteiger partial charge < -0.3 is 18.9 Å². The summed E-state index contributed by atoms with van der Waals surface area (Å²) in [5.74, 6) is 1.07. The first-order chi connectivity index (χ1) is 14.4. The van der Waals surface area contributed by atoms with E-state index in [1.54, 1.807) is 0 Å². The third-order valence-electron chi connectivity index (χ3n) is 6.00. The van der Waals surface area contributed by atoms with E-state index in [0.29, 0.717) is 11.6 Å². The maximum Gasteiger partial charge on any atom is 0.218 e. The molecule has 4 rings (SSSR count). The van der Waals surface area contributed by atoms with Crippen molar-refractivity contribution in [2.24, 2.45) is 0 Å². The number of benzene rings is 1. The van der Waals surface area contributed by atoms with E-state index in [2.05, 4.69) is 9.72 Å². The van der Waals surface area contributed by atoms with Gasteiger partial charge in [-0.15, -0.1) is 0 Å². The van der Waals surface area contributed by atoms with Gasteiger partial charge in [-0.3, -0.25) is 4.79 Å². The average Bonchev–Trinajstić information content (AvgIpc) is 3.26. The molecule has 1 fully saturated rings. The highest BCUT2D eigenvalue weighted by atomic mass is 35.5. The average molecular weight is 429 g/mol. The van der Waals surface area contributed by atoms with Crippen LogP contribution in [-0.2, 0) is 6.54 Å². The molecule has 0 spiro atoms. The fourth-order valence-electron chi connectivity index (χ4n) is 4.42. The van der Waals surface area contributed by atoms with Crippen LogP contribution in [0.25, 0.3) is 5.69 Å². The number of aromatic nitrogens is 2. The highest BCUT2D eigenvalue weighted by Crippen LogP contribution is 2.22. The van der Waals surface area contributed by atoms with Gasteiger partial charge in [0.25, 0.3) is 0 Å². The molecule has 3 heterocycles. The quantitative estimate of drug-likeness (QED) is 0.580. The molecule has 0 saturated carbocycles. The van der Waals surface area contributed by atoms with E-state index in [1.807, 2.05) is 57.2 Å². The van der Waals surface area contributed by atoms with E-state index in [9.17, 15) is 4.79 Å². The van der Waals surface area contributed by atoms with Crippen LogP contribution in [0.15, 0.2) is 40.9 Å². The Bertz CT molecular complexity index is 1030. The van der Waals surface area contributed by atoms with Gasteiger partial charge in [0.1, 0.15) is 50.7 Å². The number of nitrogens with one attached hydrogen (secondary N) is 2. The first kappa shape index (κ1) is 20.8. The fraction of sp³-hybridized carbons (Fsp3) is 0.391. The zero-order valence-electron chi connectivity index (χ0n) is 17.8. The number of nitrogens with zero attached hydrogens (tertiary/aromatic N) is 2. The van der Waals surface area contributed by atoms with Crippen molar-refractivity contribution in [2.75, 3.05) is 32.7 Å². The maximum atomic E-state index is 13.1. The van der Waals surface area contributed by atoms with Crippen LogP contribution in [0, 0.1) is 20.8 Å². The number of hydrogen-bond donors (Lipinski definition) is 2. The lowest BCUT2D eigenvalue weighted by atomic mass is 10.1. The molecule has 2 aromatic heterocycles. The third kappa shape index (κ3) is 4.51. The smallest absolute Gasteiger partial charge is 0.218 e. The minimum atomic E-state index is 0.217. The molecule has 30 heavy (non-hydrogen) atoms. The molecule has 2 N–H and O–H groups in total. The van der Waals surface area contributed by atoms with E-state index in [-0.39, 0.29) is 5.78 Å². The summed E-state index contributed by atoms with van der Waals surface area (Å²) in [6, 6.07) is 11.7. The molecular weight excluding hydrogens is 400 g/mol. The number of halogens is 1. The molecule has 0 bridgehead atoms. The Kier molecular flexibility index (Phi) is 6.09. The lowest BCUT2D eigenvalue weighted by Crippen LogP contribution is -3.27. The molecule has 1 aliphatic rings. The van der Waals surface area contributed by atoms with Crippen LogP contribution in [0.4, 0.5) is 0 Å². The molecule has 1 aliphatic heterocycles. The molecule has 6 nitrogen and oxygen atoms in total. The number of hydrogen-bond acceptors (Lipinski definition) is 3. The second-order valence-electron chi connectivity index (χ2n) is 8.30. The molecule has 3 aromatic rings. The third-order valence-corrected chi connectivity index (χ3v) is 6.25. The zero-order valence-corrected chi connectivity index (χ0v) is 18.6. The normalized spacial score (nSPS) is 19.2. The number of rotatable bonds is 6. The fourth-order valence-corrected chi connectivity index (χ4v) is 4.55. The lowest BCUT2D eigenvalue weighted by Gasteiger charge is -2.28. The van der Waals surface area contributed by atoms with Crippen molar-refractivity contribution in [1.82, 2.24) is 9.72 Å². The van der Waals surface area contributed by atoms with E-state index in [1.165, 1.54) is 9.80 Å². The first-order valence-corrected chi connectivity index (χ1v) is 10.9. The summed E-state index contributed by atoms with van der Waals surface area (Å²) in [6.45, 7) is 11.5. The van der Waals surface area contributed by atoms with Crippen LogP contribution in [0.3, 0.4) is 0 Å². The number of Topliss-reactive ketones (excluding diaryl/α,β-unsaturated/α-hetero) is 1. The number of carbonyl (C=O) groups excluding carboxylic acids is 1. The van der Waals surface area contributed by atoms with Crippen LogP contribution in [0.1, 0.15) is 33.2 Å².